The van der Waals surface area contributed by atoms with Crippen molar-refractivity contribution in [2.45, 2.75) is 0 Å². The number of fused-ring (bicyclic) bond motifs is 2. The molecule has 0 aliphatic rings. The summed E-state index contributed by atoms with van der Waals surface area (Å²) in [6.45, 7) is 0. The second-order valence-corrected chi connectivity index (χ2v) is 7.49. The van der Waals surface area contributed by atoms with E-state index in [1.807, 2.05) is 30.3 Å². The van der Waals surface area contributed by atoms with E-state index in [9.17, 15) is 14.9 Å². The fourth-order valence-corrected chi connectivity index (χ4v) is 4.01. The zero-order valence-corrected chi connectivity index (χ0v) is 16.1. The Morgan fingerprint density at radius 3 is 2.67 bits per heavy atom. The number of aromatic nitrogens is 1. The number of ether oxygens (including phenoxy) is 1. The summed E-state index contributed by atoms with van der Waals surface area (Å²) in [5.74, 6) is 0.451. The molecular formula is C22H12N2O5S. The van der Waals surface area contributed by atoms with Gasteiger partial charge in [-0.05, 0) is 23.8 Å². The minimum absolute atomic E-state index is 0.000555. The number of nitro benzene ring substituents is 1. The molecule has 2 aromatic heterocycles. The van der Waals surface area contributed by atoms with Gasteiger partial charge in [0.2, 0.25) is 0 Å². The molecule has 0 N–H and O–H groups in total. The predicted molar refractivity (Wildman–Crippen MR) is 114 cm³/mol. The van der Waals surface area contributed by atoms with Gasteiger partial charge in [0.15, 0.2) is 5.43 Å². The van der Waals surface area contributed by atoms with E-state index < -0.39 is 4.92 Å². The first-order chi connectivity index (χ1) is 14.6. The Morgan fingerprint density at radius 1 is 1.03 bits per heavy atom. The number of hydrogen-bond acceptors (Lipinski definition) is 7. The smallest absolute Gasteiger partial charge is 0.279 e. The van der Waals surface area contributed by atoms with Gasteiger partial charge < -0.3 is 9.15 Å². The molecular weight excluding hydrogens is 404 g/mol. The number of hydrogen-bond donors (Lipinski definition) is 0. The molecule has 0 fully saturated rings. The number of nitro groups is 1. The van der Waals surface area contributed by atoms with Crippen molar-refractivity contribution in [3.63, 3.8) is 0 Å². The van der Waals surface area contributed by atoms with Crippen molar-refractivity contribution in [1.29, 1.82) is 0 Å². The van der Waals surface area contributed by atoms with Crippen molar-refractivity contribution in [3.8, 4) is 22.1 Å². The molecule has 0 aliphatic carbocycles. The molecule has 2 heterocycles. The molecule has 8 heteroatoms. The van der Waals surface area contributed by atoms with Crippen LogP contribution in [0.4, 0.5) is 5.69 Å². The molecule has 0 saturated carbocycles. The van der Waals surface area contributed by atoms with E-state index >= 15 is 0 Å². The average molecular weight is 416 g/mol. The summed E-state index contributed by atoms with van der Waals surface area (Å²) in [4.78, 5) is 27.7. The van der Waals surface area contributed by atoms with Crippen LogP contribution in [0.3, 0.4) is 0 Å². The van der Waals surface area contributed by atoms with Gasteiger partial charge in [-0.15, -0.1) is 0 Å². The maximum atomic E-state index is 12.8. The number of rotatable bonds is 4. The van der Waals surface area contributed by atoms with Crippen molar-refractivity contribution >= 4 is 38.2 Å². The van der Waals surface area contributed by atoms with Gasteiger partial charge >= 0.3 is 0 Å². The molecule has 5 rings (SSSR count). The summed E-state index contributed by atoms with van der Waals surface area (Å²) in [5, 5.41) is 11.7. The zero-order chi connectivity index (χ0) is 20.7. The van der Waals surface area contributed by atoms with Crippen LogP contribution in [0.15, 0.2) is 82.2 Å². The third kappa shape index (κ3) is 3.19. The van der Waals surface area contributed by atoms with E-state index in [0.717, 1.165) is 5.56 Å². The molecule has 0 saturated heterocycles. The van der Waals surface area contributed by atoms with Gasteiger partial charge in [-0.3, -0.25) is 14.9 Å². The third-order valence-corrected chi connectivity index (χ3v) is 5.50. The van der Waals surface area contributed by atoms with E-state index in [0.29, 0.717) is 37.7 Å². The monoisotopic (exact) mass is 416 g/mol. The van der Waals surface area contributed by atoms with Crippen LogP contribution in [-0.4, -0.2) is 9.91 Å². The lowest BCUT2D eigenvalue weighted by molar-refractivity contribution is -0.384. The largest absolute Gasteiger partial charge is 0.463 e. The van der Waals surface area contributed by atoms with Crippen LogP contribution in [0.25, 0.3) is 32.3 Å². The van der Waals surface area contributed by atoms with Crippen molar-refractivity contribution in [3.05, 3.63) is 93.3 Å². The second-order valence-electron chi connectivity index (χ2n) is 6.49. The van der Waals surface area contributed by atoms with E-state index in [1.54, 1.807) is 24.3 Å². The van der Waals surface area contributed by atoms with Crippen molar-refractivity contribution in [2.24, 2.45) is 0 Å². The summed E-state index contributed by atoms with van der Waals surface area (Å²) in [6, 6.07) is 18.7. The van der Waals surface area contributed by atoms with Crippen LogP contribution in [0.2, 0.25) is 0 Å². The molecule has 0 amide bonds. The van der Waals surface area contributed by atoms with Gasteiger partial charge in [-0.25, -0.2) is 4.98 Å². The van der Waals surface area contributed by atoms with Crippen LogP contribution in [-0.2, 0) is 0 Å². The van der Waals surface area contributed by atoms with Crippen LogP contribution in [0.5, 0.6) is 10.9 Å². The highest BCUT2D eigenvalue weighted by Gasteiger charge is 2.13. The standard InChI is InChI=1S/C22H12N2O5S/c25-21-16-8-7-15(11-19(16)28-12-17(21)13-4-2-1-3-5-13)29-22-23-18-9-6-14(24(26)27)10-20(18)30-22/h1-12H. The topological polar surface area (TPSA) is 95.5 Å². The molecule has 7 nitrogen and oxygen atoms in total. The molecule has 0 spiro atoms. The maximum absolute atomic E-state index is 12.8. The fourth-order valence-electron chi connectivity index (χ4n) is 3.14. The van der Waals surface area contributed by atoms with E-state index in [1.165, 1.54) is 29.7 Å². The summed E-state index contributed by atoms with van der Waals surface area (Å²) in [7, 11) is 0. The van der Waals surface area contributed by atoms with Crippen LogP contribution < -0.4 is 10.2 Å². The van der Waals surface area contributed by atoms with E-state index in [2.05, 4.69) is 4.98 Å². The molecule has 0 aliphatic heterocycles. The SMILES string of the molecule is O=c1c(-c2ccccc2)coc2cc(Oc3nc4ccc([N+](=O)[O-])cc4s3)ccc12. The van der Waals surface area contributed by atoms with Crippen molar-refractivity contribution in [1.82, 2.24) is 4.98 Å². The maximum Gasteiger partial charge on any atom is 0.279 e. The van der Waals surface area contributed by atoms with Crippen LogP contribution in [0, 0.1) is 10.1 Å². The Balaban J connectivity index is 1.49. The Kier molecular flexibility index (Phi) is 4.26. The minimum Gasteiger partial charge on any atom is -0.463 e. The summed E-state index contributed by atoms with van der Waals surface area (Å²) in [5.41, 5.74) is 2.16. The lowest BCUT2D eigenvalue weighted by Crippen LogP contribution is -2.04. The normalized spacial score (nSPS) is 11.1. The Labute approximate surface area is 173 Å². The minimum atomic E-state index is -0.450. The Morgan fingerprint density at radius 2 is 1.87 bits per heavy atom. The molecule has 0 unspecified atom stereocenters. The van der Waals surface area contributed by atoms with Gasteiger partial charge in [0.25, 0.3) is 10.9 Å². The number of nitrogens with zero attached hydrogens (tertiary/aromatic N) is 2. The molecule has 146 valence electrons. The van der Waals surface area contributed by atoms with E-state index in [-0.39, 0.29) is 11.1 Å². The van der Waals surface area contributed by atoms with Gasteiger partial charge in [-0.2, -0.15) is 0 Å². The number of non-ortho nitro benzene ring substituents is 1. The molecule has 3 aromatic carbocycles. The molecule has 0 atom stereocenters. The highest BCUT2D eigenvalue weighted by molar-refractivity contribution is 7.20. The molecule has 5 aromatic rings. The molecule has 30 heavy (non-hydrogen) atoms. The highest BCUT2D eigenvalue weighted by atomic mass is 32.1. The first-order valence-electron chi connectivity index (χ1n) is 8.92. The summed E-state index contributed by atoms with van der Waals surface area (Å²) in [6.07, 6.45) is 1.45. The lowest BCUT2D eigenvalue weighted by atomic mass is 10.1. The Bertz CT molecular complexity index is 1470. The van der Waals surface area contributed by atoms with Crippen molar-refractivity contribution < 1.29 is 14.1 Å². The first kappa shape index (κ1) is 18.0. The second kappa shape index (κ2) is 7.09. The zero-order valence-electron chi connectivity index (χ0n) is 15.3. The molecule has 0 bridgehead atoms. The average Bonchev–Trinajstić information content (AvgIpc) is 3.16. The predicted octanol–water partition coefficient (Wildman–Crippen LogP) is 5.77. The number of benzene rings is 3. The fraction of sp³-hybridized carbons (Fsp3) is 0. The van der Waals surface area contributed by atoms with Gasteiger partial charge in [0.1, 0.15) is 17.6 Å². The van der Waals surface area contributed by atoms with Gasteiger partial charge in [0, 0.05) is 18.2 Å². The summed E-state index contributed by atoms with van der Waals surface area (Å²) >= 11 is 1.20. The lowest BCUT2D eigenvalue weighted by Gasteiger charge is -2.05. The first-order valence-corrected chi connectivity index (χ1v) is 9.74. The Hall–Kier alpha value is -4.04. The number of thiazole rings is 1. The summed E-state index contributed by atoms with van der Waals surface area (Å²) < 4.78 is 12.1. The highest BCUT2D eigenvalue weighted by Crippen LogP contribution is 2.34. The molecule has 0 radical (unpaired) electrons. The van der Waals surface area contributed by atoms with Crippen LogP contribution in [0.1, 0.15) is 0 Å². The van der Waals surface area contributed by atoms with E-state index in [4.69, 9.17) is 9.15 Å². The van der Waals surface area contributed by atoms with Gasteiger partial charge in [-0.1, -0.05) is 41.7 Å². The van der Waals surface area contributed by atoms with Gasteiger partial charge in [0.05, 0.1) is 26.1 Å². The van der Waals surface area contributed by atoms with Crippen LogP contribution >= 0.6 is 11.3 Å². The quantitative estimate of drug-likeness (QED) is 0.273. The third-order valence-electron chi connectivity index (χ3n) is 4.60. The van der Waals surface area contributed by atoms with Crippen molar-refractivity contribution in [2.75, 3.05) is 0 Å².